The Kier molecular flexibility index (Phi) is 13.0. The minimum absolute atomic E-state index is 0.504. The van der Waals surface area contributed by atoms with Gasteiger partial charge < -0.3 is 9.64 Å². The molecule has 384 valence electrons. The Morgan fingerprint density at radius 2 is 0.759 bits per heavy atom. The summed E-state index contributed by atoms with van der Waals surface area (Å²) in [7, 11) is 0. The lowest BCUT2D eigenvalue weighted by atomic mass is 9.67. The smallest absolute Gasteiger partial charge is 0.119 e. The molecule has 0 radical (unpaired) electrons. The van der Waals surface area contributed by atoms with Gasteiger partial charge in [0.05, 0.1) is 10.8 Å². The van der Waals surface area contributed by atoms with Crippen molar-refractivity contribution in [1.29, 1.82) is 0 Å². The SMILES string of the molecule is CC(C)CC(c1ccc(COc2ccc(C3(c4ccccc4)c4ccccc4-c4ccc(N(c5ccc(-c6ccccc6)cc5)c5ccc6c(c5)C(c5ccccc5)(c5ccccc5)c5ccccc5-6)cc43)cc2)cc1)C(C)C. The van der Waals surface area contributed by atoms with Crippen LogP contribution in [-0.4, -0.2) is 0 Å². The highest BCUT2D eigenvalue weighted by Gasteiger charge is 2.48. The third-order valence-electron chi connectivity index (χ3n) is 17.1. The van der Waals surface area contributed by atoms with Gasteiger partial charge in [-0.25, -0.2) is 0 Å². The van der Waals surface area contributed by atoms with Crippen LogP contribution >= 0.6 is 0 Å². The lowest BCUT2D eigenvalue weighted by Gasteiger charge is -2.36. The van der Waals surface area contributed by atoms with Crippen molar-refractivity contribution < 1.29 is 4.74 Å². The van der Waals surface area contributed by atoms with E-state index in [2.05, 4.69) is 312 Å². The minimum atomic E-state index is -0.640. The number of hydrogen-bond acceptors (Lipinski definition) is 2. The number of fused-ring (bicyclic) bond motifs is 6. The molecule has 0 saturated heterocycles. The molecule has 0 saturated carbocycles. The highest BCUT2D eigenvalue weighted by atomic mass is 16.5. The van der Waals surface area contributed by atoms with Gasteiger partial charge in [-0.2, -0.15) is 0 Å². The second kappa shape index (κ2) is 20.8. The van der Waals surface area contributed by atoms with Crippen LogP contribution in [-0.2, 0) is 17.4 Å². The fourth-order valence-electron chi connectivity index (χ4n) is 13.5. The standard InChI is InChI=1S/C77H65NO/c1-53(2)49-71(54(3)4)58-35-33-55(34-36-58)52-79-66-45-39-62(40-46-66)77(61-27-15-8-16-28-61)73-32-20-18-30-68(73)70-48-44-65(51-75(70)77)78(63-41-37-57(38-42-63)56-21-9-5-10-22-56)64-43-47-69-67-29-17-19-31-72(67)76(74(69)50-64,59-23-11-6-12-24-59)60-25-13-7-14-26-60/h5-48,50-51,53-54,71H,49,52H2,1-4H3. The fourth-order valence-corrected chi connectivity index (χ4v) is 13.5. The van der Waals surface area contributed by atoms with Crippen molar-refractivity contribution in [3.63, 3.8) is 0 Å². The van der Waals surface area contributed by atoms with Crippen molar-refractivity contribution in [3.8, 4) is 39.1 Å². The van der Waals surface area contributed by atoms with Crippen LogP contribution in [0.2, 0.25) is 0 Å². The van der Waals surface area contributed by atoms with Gasteiger partial charge in [-0.3, -0.25) is 0 Å². The second-order valence-corrected chi connectivity index (χ2v) is 22.4. The predicted molar refractivity (Wildman–Crippen MR) is 329 cm³/mol. The fraction of sp³-hybridized carbons (Fsp3) is 0.143. The third kappa shape index (κ3) is 8.59. The Hall–Kier alpha value is -8.98. The Balaban J connectivity index is 0.960. The van der Waals surface area contributed by atoms with Crippen LogP contribution < -0.4 is 9.64 Å². The average Bonchev–Trinajstić information content (AvgIpc) is 4.19. The molecule has 13 rings (SSSR count). The largest absolute Gasteiger partial charge is 0.489 e. The first-order valence-electron chi connectivity index (χ1n) is 28.3. The normalized spacial score (nSPS) is 15.0. The maximum atomic E-state index is 6.60. The molecule has 2 aliphatic rings. The molecule has 0 heterocycles. The molecule has 2 nitrogen and oxygen atoms in total. The zero-order valence-electron chi connectivity index (χ0n) is 45.6. The molecule has 0 bridgehead atoms. The van der Waals surface area contributed by atoms with Crippen LogP contribution in [0.1, 0.15) is 95.7 Å². The summed E-state index contributed by atoms with van der Waals surface area (Å²) in [6, 6.07) is 104. The van der Waals surface area contributed by atoms with Crippen LogP contribution in [0.5, 0.6) is 5.75 Å². The lowest BCUT2D eigenvalue weighted by Crippen LogP contribution is -2.29. The molecule has 2 unspecified atom stereocenters. The van der Waals surface area contributed by atoms with Gasteiger partial charge in [0.2, 0.25) is 0 Å². The van der Waals surface area contributed by atoms with E-state index < -0.39 is 10.8 Å². The predicted octanol–water partition coefficient (Wildman–Crippen LogP) is 19.9. The first-order valence-corrected chi connectivity index (χ1v) is 28.3. The number of ether oxygens (including phenoxy) is 1. The Morgan fingerprint density at radius 1 is 0.354 bits per heavy atom. The molecule has 79 heavy (non-hydrogen) atoms. The quantitative estimate of drug-likeness (QED) is 0.101. The van der Waals surface area contributed by atoms with Gasteiger partial charge in [0, 0.05) is 17.1 Å². The van der Waals surface area contributed by atoms with Crippen LogP contribution in [0, 0.1) is 11.8 Å². The summed E-state index contributed by atoms with van der Waals surface area (Å²) in [5.41, 5.74) is 22.0. The number of anilines is 3. The zero-order chi connectivity index (χ0) is 53.5. The van der Waals surface area contributed by atoms with E-state index in [1.54, 1.807) is 0 Å². The molecule has 0 spiro atoms. The van der Waals surface area contributed by atoms with Crippen molar-refractivity contribution in [2.45, 2.75) is 57.5 Å². The van der Waals surface area contributed by atoms with Gasteiger partial charge in [0.25, 0.3) is 0 Å². The number of nitrogens with zero attached hydrogens (tertiary/aromatic N) is 1. The molecule has 0 aliphatic heterocycles. The van der Waals surface area contributed by atoms with Crippen molar-refractivity contribution in [2.24, 2.45) is 11.8 Å². The topological polar surface area (TPSA) is 12.5 Å². The van der Waals surface area contributed by atoms with E-state index in [0.717, 1.165) is 22.8 Å². The molecule has 2 aliphatic carbocycles. The number of benzene rings is 11. The van der Waals surface area contributed by atoms with E-state index in [1.165, 1.54) is 95.4 Å². The number of hydrogen-bond donors (Lipinski definition) is 0. The number of rotatable bonds is 15. The second-order valence-electron chi connectivity index (χ2n) is 22.4. The van der Waals surface area contributed by atoms with E-state index >= 15 is 0 Å². The van der Waals surface area contributed by atoms with Gasteiger partial charge in [0.1, 0.15) is 12.4 Å². The molecule has 2 heteroatoms. The summed E-state index contributed by atoms with van der Waals surface area (Å²) in [6.07, 6.45) is 1.19. The summed E-state index contributed by atoms with van der Waals surface area (Å²) in [5.74, 6) is 2.65. The minimum Gasteiger partial charge on any atom is -0.489 e. The maximum absolute atomic E-state index is 6.60. The van der Waals surface area contributed by atoms with Gasteiger partial charge >= 0.3 is 0 Å². The van der Waals surface area contributed by atoms with Gasteiger partial charge in [-0.15, -0.1) is 0 Å². The summed E-state index contributed by atoms with van der Waals surface area (Å²) in [5, 5.41) is 0. The van der Waals surface area contributed by atoms with Crippen LogP contribution in [0.25, 0.3) is 33.4 Å². The van der Waals surface area contributed by atoms with Crippen molar-refractivity contribution in [1.82, 2.24) is 0 Å². The summed E-state index contributed by atoms with van der Waals surface area (Å²) in [6.45, 7) is 9.83. The van der Waals surface area contributed by atoms with E-state index in [4.69, 9.17) is 4.74 Å². The maximum Gasteiger partial charge on any atom is 0.119 e. The monoisotopic (exact) mass is 1020 g/mol. The van der Waals surface area contributed by atoms with E-state index in [0.29, 0.717) is 24.4 Å². The van der Waals surface area contributed by atoms with Crippen LogP contribution in [0.15, 0.2) is 279 Å². The van der Waals surface area contributed by atoms with E-state index in [1.807, 2.05) is 0 Å². The molecule has 0 N–H and O–H groups in total. The summed E-state index contributed by atoms with van der Waals surface area (Å²) < 4.78 is 6.60. The Bertz CT molecular complexity index is 3860. The van der Waals surface area contributed by atoms with Crippen molar-refractivity contribution in [3.05, 3.63) is 335 Å². The van der Waals surface area contributed by atoms with Crippen LogP contribution in [0.3, 0.4) is 0 Å². The summed E-state index contributed by atoms with van der Waals surface area (Å²) >= 11 is 0. The van der Waals surface area contributed by atoms with E-state index in [9.17, 15) is 0 Å². The van der Waals surface area contributed by atoms with Crippen molar-refractivity contribution in [2.75, 3.05) is 4.90 Å². The van der Waals surface area contributed by atoms with E-state index in [-0.39, 0.29) is 0 Å². The van der Waals surface area contributed by atoms with Gasteiger partial charge in [0.15, 0.2) is 0 Å². The van der Waals surface area contributed by atoms with Crippen molar-refractivity contribution >= 4 is 17.1 Å². The molecule has 2 atom stereocenters. The zero-order valence-corrected chi connectivity index (χ0v) is 45.6. The molecule has 11 aromatic carbocycles. The molecule has 0 amide bonds. The molecule has 0 aromatic heterocycles. The van der Waals surface area contributed by atoms with Gasteiger partial charge in [-0.05, 0) is 162 Å². The summed E-state index contributed by atoms with van der Waals surface area (Å²) in [4.78, 5) is 2.48. The molecule has 0 fully saturated rings. The molecule has 11 aromatic rings. The molecular formula is C77H65NO. The Morgan fingerprint density at radius 3 is 1.23 bits per heavy atom. The van der Waals surface area contributed by atoms with Gasteiger partial charge in [-0.1, -0.05) is 258 Å². The third-order valence-corrected chi connectivity index (χ3v) is 17.1. The first kappa shape index (κ1) is 49.6. The lowest BCUT2D eigenvalue weighted by molar-refractivity contribution is 0.306. The Labute approximate surface area is 467 Å². The highest BCUT2D eigenvalue weighted by molar-refractivity contribution is 5.92. The van der Waals surface area contributed by atoms with Crippen LogP contribution in [0.4, 0.5) is 17.1 Å². The molecular weight excluding hydrogens is 955 g/mol. The average molecular weight is 1020 g/mol. The highest BCUT2D eigenvalue weighted by Crippen LogP contribution is 2.60. The first-order chi connectivity index (χ1) is 38.8.